The molecule has 1 aromatic carbocycles. The minimum Gasteiger partial charge on any atom is -0.375 e. The molecule has 4 nitrogen and oxygen atoms in total. The van der Waals surface area contributed by atoms with Crippen molar-refractivity contribution in [3.8, 4) is 0 Å². The highest BCUT2D eigenvalue weighted by molar-refractivity contribution is 9.10. The van der Waals surface area contributed by atoms with Gasteiger partial charge in [0.2, 0.25) is 0 Å². The zero-order valence-corrected chi connectivity index (χ0v) is 13.8. The first-order valence-electron chi connectivity index (χ1n) is 6.46. The molecule has 1 unspecified atom stereocenters. The summed E-state index contributed by atoms with van der Waals surface area (Å²) in [6, 6.07) is 6.09. The summed E-state index contributed by atoms with van der Waals surface area (Å²) in [7, 11) is 0. The fourth-order valence-electron chi connectivity index (χ4n) is 2.06. The second kappa shape index (κ2) is 6.61. The molecule has 0 spiro atoms. The highest BCUT2D eigenvalue weighted by Gasteiger charge is 2.16. The summed E-state index contributed by atoms with van der Waals surface area (Å²) in [5.74, 6) is 0. The van der Waals surface area contributed by atoms with Gasteiger partial charge in [0, 0.05) is 22.7 Å². The summed E-state index contributed by atoms with van der Waals surface area (Å²) in [6.07, 6.45) is 3.69. The Bertz CT molecular complexity index is 582. The molecule has 0 aliphatic heterocycles. The minimum atomic E-state index is 0.00738. The van der Waals surface area contributed by atoms with Gasteiger partial charge >= 0.3 is 0 Å². The lowest BCUT2D eigenvalue weighted by Crippen LogP contribution is -2.23. The topological polar surface area (TPSA) is 55.9 Å². The molecule has 0 aliphatic rings. The average molecular weight is 358 g/mol. The summed E-state index contributed by atoms with van der Waals surface area (Å²) >= 11 is 9.43. The molecule has 0 aliphatic carbocycles. The number of hydrogen-bond acceptors (Lipinski definition) is 3. The van der Waals surface area contributed by atoms with Crippen LogP contribution in [-0.4, -0.2) is 16.1 Å². The molecule has 20 heavy (non-hydrogen) atoms. The van der Waals surface area contributed by atoms with E-state index in [1.54, 1.807) is 0 Å². The van der Waals surface area contributed by atoms with E-state index in [9.17, 15) is 0 Å². The van der Waals surface area contributed by atoms with E-state index in [1.807, 2.05) is 30.7 Å². The smallest absolute Gasteiger partial charge is 0.0951 e. The number of hydrogen-bond donors (Lipinski definition) is 2. The van der Waals surface area contributed by atoms with Gasteiger partial charge < -0.3 is 15.6 Å². The summed E-state index contributed by atoms with van der Waals surface area (Å²) in [5.41, 5.74) is 7.95. The van der Waals surface area contributed by atoms with E-state index in [4.69, 9.17) is 17.3 Å². The standard InChI is InChI=1S/C14H18BrClN4/c1-9(2)20-8-18-7-14(20)13(6-17)19-10-3-4-12(16)11(15)5-10/h3-5,7-9,13,19H,6,17H2,1-2H3. The molecule has 0 bridgehead atoms. The van der Waals surface area contributed by atoms with Crippen LogP contribution in [0.4, 0.5) is 5.69 Å². The van der Waals surface area contributed by atoms with E-state index in [-0.39, 0.29) is 6.04 Å². The Balaban J connectivity index is 2.24. The summed E-state index contributed by atoms with van der Waals surface area (Å²) in [6.45, 7) is 4.73. The highest BCUT2D eigenvalue weighted by Crippen LogP contribution is 2.28. The molecule has 3 N–H and O–H groups in total. The van der Waals surface area contributed by atoms with E-state index in [2.05, 4.69) is 44.6 Å². The second-order valence-corrected chi connectivity index (χ2v) is 6.14. The first-order chi connectivity index (χ1) is 9.52. The molecule has 0 radical (unpaired) electrons. The van der Waals surface area contributed by atoms with Crippen LogP contribution >= 0.6 is 27.5 Å². The number of benzene rings is 1. The van der Waals surface area contributed by atoms with E-state index in [0.29, 0.717) is 17.6 Å². The number of nitrogens with two attached hydrogens (primary N) is 1. The molecule has 0 saturated carbocycles. The number of anilines is 1. The highest BCUT2D eigenvalue weighted by atomic mass is 79.9. The third-order valence-electron chi connectivity index (χ3n) is 3.11. The predicted octanol–water partition coefficient (Wildman–Crippen LogP) is 3.99. The number of halogens is 2. The molecule has 6 heteroatoms. The lowest BCUT2D eigenvalue weighted by atomic mass is 10.2. The molecule has 2 rings (SSSR count). The number of rotatable bonds is 5. The van der Waals surface area contributed by atoms with Gasteiger partial charge in [0.1, 0.15) is 0 Å². The van der Waals surface area contributed by atoms with Crippen molar-refractivity contribution in [1.29, 1.82) is 0 Å². The van der Waals surface area contributed by atoms with Crippen molar-refractivity contribution in [1.82, 2.24) is 9.55 Å². The molecular formula is C14H18BrClN4. The van der Waals surface area contributed by atoms with Crippen LogP contribution in [0.15, 0.2) is 35.2 Å². The van der Waals surface area contributed by atoms with Gasteiger partial charge in [-0.05, 0) is 48.0 Å². The van der Waals surface area contributed by atoms with Gasteiger partial charge in [-0.1, -0.05) is 11.6 Å². The van der Waals surface area contributed by atoms with Crippen molar-refractivity contribution in [3.63, 3.8) is 0 Å². The molecular weight excluding hydrogens is 340 g/mol. The fourth-order valence-corrected chi connectivity index (χ4v) is 2.55. The molecule has 0 saturated heterocycles. The van der Waals surface area contributed by atoms with Gasteiger partial charge in [0.15, 0.2) is 0 Å². The van der Waals surface area contributed by atoms with Crippen molar-refractivity contribution >= 4 is 33.2 Å². The number of nitrogens with zero attached hydrogens (tertiary/aromatic N) is 2. The van der Waals surface area contributed by atoms with E-state index in [0.717, 1.165) is 15.9 Å². The monoisotopic (exact) mass is 356 g/mol. The first kappa shape index (κ1) is 15.4. The Morgan fingerprint density at radius 3 is 2.80 bits per heavy atom. The predicted molar refractivity (Wildman–Crippen MR) is 87.2 cm³/mol. The normalized spacial score (nSPS) is 12.7. The van der Waals surface area contributed by atoms with Crippen molar-refractivity contribution in [3.05, 3.63) is 45.9 Å². The number of nitrogens with one attached hydrogen (secondary N) is 1. The third kappa shape index (κ3) is 3.34. The van der Waals surface area contributed by atoms with Crippen LogP contribution in [0.2, 0.25) is 5.02 Å². The van der Waals surface area contributed by atoms with Crippen LogP contribution in [0.1, 0.15) is 31.6 Å². The summed E-state index contributed by atoms with van der Waals surface area (Å²) in [4.78, 5) is 4.22. The van der Waals surface area contributed by atoms with E-state index >= 15 is 0 Å². The van der Waals surface area contributed by atoms with Crippen LogP contribution in [0.3, 0.4) is 0 Å². The van der Waals surface area contributed by atoms with Crippen LogP contribution in [0, 0.1) is 0 Å². The Morgan fingerprint density at radius 1 is 1.45 bits per heavy atom. The van der Waals surface area contributed by atoms with Crippen LogP contribution in [0.5, 0.6) is 0 Å². The average Bonchev–Trinajstić information content (AvgIpc) is 2.89. The van der Waals surface area contributed by atoms with Gasteiger partial charge in [-0.25, -0.2) is 4.98 Å². The molecule has 1 aromatic heterocycles. The number of aromatic nitrogens is 2. The second-order valence-electron chi connectivity index (χ2n) is 4.88. The van der Waals surface area contributed by atoms with Gasteiger partial charge in [-0.2, -0.15) is 0 Å². The zero-order valence-electron chi connectivity index (χ0n) is 11.5. The van der Waals surface area contributed by atoms with Gasteiger partial charge in [0.25, 0.3) is 0 Å². The first-order valence-corrected chi connectivity index (χ1v) is 7.63. The Morgan fingerprint density at radius 2 is 2.20 bits per heavy atom. The maximum absolute atomic E-state index is 6.00. The van der Waals surface area contributed by atoms with Gasteiger partial charge in [-0.3, -0.25) is 0 Å². The van der Waals surface area contributed by atoms with Crippen molar-refractivity contribution in [2.45, 2.75) is 25.9 Å². The quantitative estimate of drug-likeness (QED) is 0.850. The van der Waals surface area contributed by atoms with Crippen LogP contribution < -0.4 is 11.1 Å². The lowest BCUT2D eigenvalue weighted by Gasteiger charge is -2.22. The van der Waals surface area contributed by atoms with Crippen molar-refractivity contribution in [2.24, 2.45) is 5.73 Å². The molecule has 108 valence electrons. The van der Waals surface area contributed by atoms with E-state index < -0.39 is 0 Å². The fraction of sp³-hybridized carbons (Fsp3) is 0.357. The zero-order chi connectivity index (χ0) is 14.7. The van der Waals surface area contributed by atoms with Crippen LogP contribution in [-0.2, 0) is 0 Å². The SMILES string of the molecule is CC(C)n1cncc1C(CN)Nc1ccc(Cl)c(Br)c1. The molecule has 0 fully saturated rings. The minimum absolute atomic E-state index is 0.00738. The van der Waals surface area contributed by atoms with Crippen molar-refractivity contribution in [2.75, 3.05) is 11.9 Å². The van der Waals surface area contributed by atoms with Gasteiger partial charge in [-0.15, -0.1) is 0 Å². The largest absolute Gasteiger partial charge is 0.375 e. The summed E-state index contributed by atoms with van der Waals surface area (Å²) < 4.78 is 2.98. The summed E-state index contributed by atoms with van der Waals surface area (Å²) in [5, 5.41) is 4.11. The molecule has 2 aromatic rings. The molecule has 1 atom stereocenters. The number of imidazole rings is 1. The Hall–Kier alpha value is -1.04. The third-order valence-corrected chi connectivity index (χ3v) is 4.32. The maximum Gasteiger partial charge on any atom is 0.0951 e. The van der Waals surface area contributed by atoms with Crippen LogP contribution in [0.25, 0.3) is 0 Å². The molecule has 0 amide bonds. The van der Waals surface area contributed by atoms with E-state index in [1.165, 1.54) is 0 Å². The molecule has 1 heterocycles. The van der Waals surface area contributed by atoms with Crippen molar-refractivity contribution < 1.29 is 0 Å². The Labute approximate surface area is 132 Å². The Kier molecular flexibility index (Phi) is 5.07. The van der Waals surface area contributed by atoms with Gasteiger partial charge in [0.05, 0.1) is 29.3 Å². The maximum atomic E-state index is 6.00. The lowest BCUT2D eigenvalue weighted by molar-refractivity contribution is 0.553.